The van der Waals surface area contributed by atoms with Gasteiger partial charge in [0.25, 0.3) is 0 Å². The molecule has 2 unspecified atom stereocenters. The Balaban J connectivity index is 2.45. The van der Waals surface area contributed by atoms with E-state index in [0.717, 1.165) is 18.2 Å². The Morgan fingerprint density at radius 1 is 1.15 bits per heavy atom. The quantitative estimate of drug-likeness (QED) is 0.914. The van der Waals surface area contributed by atoms with E-state index in [1.807, 2.05) is 0 Å². The van der Waals surface area contributed by atoms with Crippen LogP contribution in [0.2, 0.25) is 0 Å². The van der Waals surface area contributed by atoms with Crippen LogP contribution in [-0.2, 0) is 16.0 Å². The Labute approximate surface area is 115 Å². The predicted molar refractivity (Wildman–Crippen MR) is 66.9 cm³/mol. The molecule has 1 fully saturated rings. The summed E-state index contributed by atoms with van der Waals surface area (Å²) in [5.41, 5.74) is -1.14. The fraction of sp³-hybridized carbons (Fsp3) is 0.538. The molecule has 0 spiro atoms. The van der Waals surface area contributed by atoms with Crippen molar-refractivity contribution in [2.24, 2.45) is 0 Å². The van der Waals surface area contributed by atoms with Crippen molar-refractivity contribution in [3.05, 3.63) is 29.8 Å². The average Bonchev–Trinajstić information content (AvgIpc) is 2.38. The van der Waals surface area contributed by atoms with E-state index in [2.05, 4.69) is 0 Å². The van der Waals surface area contributed by atoms with E-state index in [1.54, 1.807) is 0 Å². The molecule has 112 valence electrons. The van der Waals surface area contributed by atoms with Crippen molar-refractivity contribution in [1.82, 2.24) is 0 Å². The van der Waals surface area contributed by atoms with E-state index in [1.165, 1.54) is 6.07 Å². The van der Waals surface area contributed by atoms with Gasteiger partial charge in [0, 0.05) is 0 Å². The molecule has 0 amide bonds. The summed E-state index contributed by atoms with van der Waals surface area (Å²) in [5.74, 6) is 0. The van der Waals surface area contributed by atoms with Crippen molar-refractivity contribution in [1.29, 1.82) is 0 Å². The van der Waals surface area contributed by atoms with Crippen LogP contribution in [-0.4, -0.2) is 24.9 Å². The molecule has 0 saturated heterocycles. The lowest BCUT2D eigenvalue weighted by atomic mass is 9.97. The minimum Gasteiger partial charge on any atom is -0.393 e. The molecule has 0 bridgehead atoms. The topological polar surface area (TPSA) is 54.4 Å². The molecule has 1 aliphatic rings. The molecule has 0 aliphatic heterocycles. The standard InChI is InChI=1S/C13H15F3O3S/c14-13(15,16)11-6-1-2-7-12(11)20(18,19)10-5-3-4-9(17)8-10/h1-2,6-7,9-10,17H,3-5,8H2. The molecule has 0 heterocycles. The number of aliphatic hydroxyl groups is 1. The second kappa shape index (κ2) is 5.37. The molecule has 1 N–H and O–H groups in total. The van der Waals surface area contributed by atoms with E-state index in [4.69, 9.17) is 0 Å². The van der Waals surface area contributed by atoms with Crippen LogP contribution in [0.5, 0.6) is 0 Å². The van der Waals surface area contributed by atoms with E-state index in [0.29, 0.717) is 12.8 Å². The number of aliphatic hydroxyl groups excluding tert-OH is 1. The first-order valence-corrected chi connectivity index (χ1v) is 7.85. The second-order valence-electron chi connectivity index (χ2n) is 4.98. The Morgan fingerprint density at radius 3 is 2.40 bits per heavy atom. The maximum atomic E-state index is 12.9. The lowest BCUT2D eigenvalue weighted by molar-refractivity contribution is -0.139. The van der Waals surface area contributed by atoms with Crippen molar-refractivity contribution >= 4 is 9.84 Å². The molecule has 1 aromatic carbocycles. The van der Waals surface area contributed by atoms with Crippen molar-refractivity contribution in [2.75, 3.05) is 0 Å². The van der Waals surface area contributed by atoms with Gasteiger partial charge in [0.2, 0.25) is 0 Å². The van der Waals surface area contributed by atoms with Crippen LogP contribution in [0.1, 0.15) is 31.2 Å². The molecule has 3 nitrogen and oxygen atoms in total. The van der Waals surface area contributed by atoms with E-state index in [9.17, 15) is 26.7 Å². The highest BCUT2D eigenvalue weighted by Crippen LogP contribution is 2.37. The normalized spacial score (nSPS) is 24.6. The SMILES string of the molecule is O=S(=O)(c1ccccc1C(F)(F)F)C1CCCC(O)C1. The molecule has 0 aromatic heterocycles. The minimum absolute atomic E-state index is 0.00543. The third kappa shape index (κ3) is 2.98. The number of hydrogen-bond acceptors (Lipinski definition) is 3. The van der Waals surface area contributed by atoms with Gasteiger partial charge in [0.05, 0.1) is 21.8 Å². The summed E-state index contributed by atoms with van der Waals surface area (Å²) in [6.07, 6.45) is -4.20. The van der Waals surface area contributed by atoms with Gasteiger partial charge in [-0.05, 0) is 37.8 Å². The van der Waals surface area contributed by atoms with Gasteiger partial charge in [0.15, 0.2) is 9.84 Å². The van der Waals surface area contributed by atoms with E-state index in [-0.39, 0.29) is 12.8 Å². The summed E-state index contributed by atoms with van der Waals surface area (Å²) in [7, 11) is -4.09. The largest absolute Gasteiger partial charge is 0.417 e. The highest BCUT2D eigenvalue weighted by molar-refractivity contribution is 7.92. The van der Waals surface area contributed by atoms with Gasteiger partial charge in [-0.3, -0.25) is 0 Å². The maximum Gasteiger partial charge on any atom is 0.417 e. The van der Waals surface area contributed by atoms with Crippen molar-refractivity contribution in [3.8, 4) is 0 Å². The highest BCUT2D eigenvalue weighted by Gasteiger charge is 2.40. The number of rotatable bonds is 2. The molecule has 1 saturated carbocycles. The molecule has 1 aromatic rings. The Kier molecular flexibility index (Phi) is 4.11. The number of sulfone groups is 1. The van der Waals surface area contributed by atoms with Crippen LogP contribution in [0.3, 0.4) is 0 Å². The van der Waals surface area contributed by atoms with E-state index < -0.39 is 37.8 Å². The smallest absolute Gasteiger partial charge is 0.393 e. The van der Waals surface area contributed by atoms with Crippen LogP contribution >= 0.6 is 0 Å². The van der Waals surface area contributed by atoms with Crippen LogP contribution < -0.4 is 0 Å². The van der Waals surface area contributed by atoms with Gasteiger partial charge in [-0.2, -0.15) is 13.2 Å². The van der Waals surface area contributed by atoms with Gasteiger partial charge in [-0.15, -0.1) is 0 Å². The number of hydrogen-bond donors (Lipinski definition) is 1. The maximum absolute atomic E-state index is 12.9. The van der Waals surface area contributed by atoms with Crippen LogP contribution in [0.4, 0.5) is 13.2 Å². The summed E-state index contributed by atoms with van der Waals surface area (Å²) in [6, 6.07) is 4.20. The highest BCUT2D eigenvalue weighted by atomic mass is 32.2. The van der Waals surface area contributed by atoms with Crippen LogP contribution in [0.15, 0.2) is 29.2 Å². The summed E-state index contributed by atoms with van der Waals surface area (Å²) in [6.45, 7) is 0. The summed E-state index contributed by atoms with van der Waals surface area (Å²) in [5, 5.41) is 8.58. The molecule has 2 atom stereocenters. The van der Waals surface area contributed by atoms with Crippen molar-refractivity contribution in [3.63, 3.8) is 0 Å². The Bertz CT molecular complexity index is 581. The van der Waals surface area contributed by atoms with Crippen molar-refractivity contribution in [2.45, 2.75) is 48.1 Å². The fourth-order valence-electron chi connectivity index (χ4n) is 2.53. The third-order valence-corrected chi connectivity index (χ3v) is 5.81. The van der Waals surface area contributed by atoms with Gasteiger partial charge in [0.1, 0.15) is 0 Å². The average molecular weight is 308 g/mol. The van der Waals surface area contributed by atoms with E-state index >= 15 is 0 Å². The zero-order valence-electron chi connectivity index (χ0n) is 10.6. The second-order valence-corrected chi connectivity index (χ2v) is 7.18. The monoisotopic (exact) mass is 308 g/mol. The van der Waals surface area contributed by atoms with Gasteiger partial charge >= 0.3 is 6.18 Å². The predicted octanol–water partition coefficient (Wildman–Crippen LogP) is 2.78. The molecule has 20 heavy (non-hydrogen) atoms. The molecular formula is C13H15F3O3S. The zero-order valence-corrected chi connectivity index (χ0v) is 11.4. The number of alkyl halides is 3. The molecule has 7 heteroatoms. The lowest BCUT2D eigenvalue weighted by Crippen LogP contribution is -2.31. The first-order chi connectivity index (χ1) is 9.23. The van der Waals surface area contributed by atoms with Gasteiger partial charge < -0.3 is 5.11 Å². The summed E-state index contributed by atoms with van der Waals surface area (Å²) in [4.78, 5) is -0.688. The number of halogens is 3. The Morgan fingerprint density at radius 2 is 1.80 bits per heavy atom. The molecular weight excluding hydrogens is 293 g/mol. The summed E-state index contributed by atoms with van der Waals surface area (Å²) >= 11 is 0. The first-order valence-electron chi connectivity index (χ1n) is 6.31. The molecule has 0 radical (unpaired) electrons. The molecule has 1 aliphatic carbocycles. The van der Waals surface area contributed by atoms with Gasteiger partial charge in [-0.25, -0.2) is 8.42 Å². The zero-order chi connectivity index (χ0) is 15.0. The third-order valence-electron chi connectivity index (χ3n) is 3.54. The van der Waals surface area contributed by atoms with Crippen LogP contribution in [0, 0.1) is 0 Å². The van der Waals surface area contributed by atoms with Gasteiger partial charge in [-0.1, -0.05) is 12.1 Å². The Hall–Kier alpha value is -1.08. The molecule has 2 rings (SSSR count). The van der Waals surface area contributed by atoms with Crippen molar-refractivity contribution < 1.29 is 26.7 Å². The minimum atomic E-state index is -4.71. The fourth-order valence-corrected chi connectivity index (χ4v) is 4.60. The number of benzene rings is 1. The van der Waals surface area contributed by atoms with Crippen LogP contribution in [0.25, 0.3) is 0 Å². The first kappa shape index (κ1) is 15.3. The lowest BCUT2D eigenvalue weighted by Gasteiger charge is -2.26. The summed E-state index contributed by atoms with van der Waals surface area (Å²) < 4.78 is 63.5.